The molecule has 1 heterocycles. The highest BCUT2D eigenvalue weighted by atomic mass is 35.5. The van der Waals surface area contributed by atoms with Crippen molar-refractivity contribution in [3.63, 3.8) is 0 Å². The van der Waals surface area contributed by atoms with Crippen LogP contribution in [-0.2, 0) is 26.0 Å². The van der Waals surface area contributed by atoms with Crippen LogP contribution in [0.3, 0.4) is 0 Å². The molecule has 2 aromatic rings. The molecule has 0 saturated heterocycles. The van der Waals surface area contributed by atoms with Crippen molar-refractivity contribution in [3.8, 4) is 0 Å². The zero-order valence-electron chi connectivity index (χ0n) is 17.1. The normalized spacial score (nSPS) is 17.3. The number of benzene rings is 2. The van der Waals surface area contributed by atoms with Gasteiger partial charge in [0.15, 0.2) is 0 Å². The zero-order valence-corrected chi connectivity index (χ0v) is 18.6. The van der Waals surface area contributed by atoms with Crippen LogP contribution in [0.1, 0.15) is 41.6 Å². The van der Waals surface area contributed by atoms with E-state index in [0.29, 0.717) is 31.5 Å². The number of anilines is 1. The van der Waals surface area contributed by atoms with Crippen LogP contribution in [-0.4, -0.2) is 39.5 Å². The van der Waals surface area contributed by atoms with Crippen LogP contribution >= 0.6 is 11.6 Å². The molecule has 7 nitrogen and oxygen atoms in total. The van der Waals surface area contributed by atoms with Crippen molar-refractivity contribution in [1.29, 1.82) is 0 Å². The maximum Gasteiger partial charge on any atom is 0.331 e. The fourth-order valence-electron chi connectivity index (χ4n) is 4.36. The molecule has 1 saturated carbocycles. The summed E-state index contributed by atoms with van der Waals surface area (Å²) in [6.07, 6.45) is 3.16. The van der Waals surface area contributed by atoms with E-state index < -0.39 is 27.4 Å². The third-order valence-corrected chi connectivity index (χ3v) is 8.29. The second-order valence-corrected chi connectivity index (χ2v) is 10.1. The van der Waals surface area contributed by atoms with E-state index in [0.717, 1.165) is 18.4 Å². The van der Waals surface area contributed by atoms with Gasteiger partial charge >= 0.3 is 5.97 Å². The van der Waals surface area contributed by atoms with E-state index in [1.807, 2.05) is 12.1 Å². The van der Waals surface area contributed by atoms with E-state index in [2.05, 4.69) is 5.32 Å². The molecule has 1 N–H and O–H groups in total. The molecule has 0 unspecified atom stereocenters. The van der Waals surface area contributed by atoms with Gasteiger partial charge in [0, 0.05) is 12.1 Å². The van der Waals surface area contributed by atoms with Gasteiger partial charge in [0.05, 0.1) is 17.8 Å². The van der Waals surface area contributed by atoms with Crippen LogP contribution in [0.5, 0.6) is 0 Å². The highest BCUT2D eigenvalue weighted by molar-refractivity contribution is 7.93. The van der Waals surface area contributed by atoms with Gasteiger partial charge in [0.1, 0.15) is 10.4 Å². The van der Waals surface area contributed by atoms with Crippen LogP contribution in [0.25, 0.3) is 0 Å². The molecule has 1 amide bonds. The standard InChI is InChI=1S/C22H23ClN2O5S/c1-30-21(27)22(11-4-5-12-22)24-20(26)16-8-9-17(23)19(14-16)31(28,29)25-13-10-15-6-2-3-7-18(15)25/h2-3,6-9,14H,4-5,10-13H2,1H3,(H,24,26). The molecule has 1 aliphatic heterocycles. The Bertz CT molecular complexity index is 1140. The van der Waals surface area contributed by atoms with Gasteiger partial charge in [-0.25, -0.2) is 13.2 Å². The van der Waals surface area contributed by atoms with Crippen molar-refractivity contribution >= 4 is 39.2 Å². The van der Waals surface area contributed by atoms with Crippen molar-refractivity contribution in [2.75, 3.05) is 18.0 Å². The van der Waals surface area contributed by atoms with Crippen LogP contribution in [0, 0.1) is 0 Å². The monoisotopic (exact) mass is 462 g/mol. The molecule has 164 valence electrons. The Hall–Kier alpha value is -2.58. The Morgan fingerprint density at radius 3 is 2.55 bits per heavy atom. The van der Waals surface area contributed by atoms with Gasteiger partial charge in [-0.15, -0.1) is 0 Å². The summed E-state index contributed by atoms with van der Waals surface area (Å²) in [4.78, 5) is 25.1. The number of hydrogen-bond donors (Lipinski definition) is 1. The highest BCUT2D eigenvalue weighted by Gasteiger charge is 2.44. The van der Waals surface area contributed by atoms with Crippen LogP contribution < -0.4 is 9.62 Å². The first-order valence-electron chi connectivity index (χ1n) is 10.1. The minimum absolute atomic E-state index is 0.0319. The number of esters is 1. The van der Waals surface area contributed by atoms with E-state index in [4.69, 9.17) is 16.3 Å². The molecule has 1 fully saturated rings. The number of amides is 1. The van der Waals surface area contributed by atoms with Crippen molar-refractivity contribution < 1.29 is 22.7 Å². The number of carbonyl (C=O) groups is 2. The van der Waals surface area contributed by atoms with Gasteiger partial charge in [-0.05, 0) is 49.1 Å². The number of nitrogens with one attached hydrogen (secondary N) is 1. The Morgan fingerprint density at radius 2 is 1.84 bits per heavy atom. The van der Waals surface area contributed by atoms with E-state index in [-0.39, 0.29) is 15.5 Å². The quantitative estimate of drug-likeness (QED) is 0.688. The molecule has 1 aliphatic carbocycles. The number of halogens is 1. The third-order valence-electron chi connectivity index (χ3n) is 5.99. The predicted molar refractivity (Wildman–Crippen MR) is 117 cm³/mol. The van der Waals surface area contributed by atoms with Gasteiger partial charge < -0.3 is 10.1 Å². The van der Waals surface area contributed by atoms with Crippen LogP contribution in [0.15, 0.2) is 47.4 Å². The lowest BCUT2D eigenvalue weighted by atomic mass is 9.97. The summed E-state index contributed by atoms with van der Waals surface area (Å²) >= 11 is 6.25. The number of nitrogens with zero attached hydrogens (tertiary/aromatic N) is 1. The number of ether oxygens (including phenoxy) is 1. The van der Waals surface area contributed by atoms with Gasteiger partial charge in [-0.2, -0.15) is 0 Å². The average molecular weight is 463 g/mol. The Balaban J connectivity index is 1.66. The molecule has 9 heteroatoms. The predicted octanol–water partition coefficient (Wildman–Crippen LogP) is 3.31. The van der Waals surface area contributed by atoms with Gasteiger partial charge in [-0.1, -0.05) is 42.6 Å². The molecule has 0 spiro atoms. The molecule has 2 aliphatic rings. The lowest BCUT2D eigenvalue weighted by Gasteiger charge is -2.27. The van der Waals surface area contributed by atoms with E-state index >= 15 is 0 Å². The summed E-state index contributed by atoms with van der Waals surface area (Å²) < 4.78 is 33.0. The second-order valence-electron chi connectivity index (χ2n) is 7.84. The number of fused-ring (bicyclic) bond motifs is 1. The number of rotatable bonds is 5. The number of methoxy groups -OCH3 is 1. The summed E-state index contributed by atoms with van der Waals surface area (Å²) in [5.74, 6) is -1.03. The van der Waals surface area contributed by atoms with Crippen molar-refractivity contribution in [2.24, 2.45) is 0 Å². The van der Waals surface area contributed by atoms with Crippen LogP contribution in [0.2, 0.25) is 5.02 Å². The smallest absolute Gasteiger partial charge is 0.331 e. The highest BCUT2D eigenvalue weighted by Crippen LogP contribution is 2.36. The summed E-state index contributed by atoms with van der Waals surface area (Å²) in [6.45, 7) is 0.305. The molecule has 0 bridgehead atoms. The van der Waals surface area contributed by atoms with Crippen molar-refractivity contribution in [1.82, 2.24) is 5.32 Å². The summed E-state index contributed by atoms with van der Waals surface area (Å²) in [7, 11) is -2.69. The van der Waals surface area contributed by atoms with E-state index in [1.54, 1.807) is 12.1 Å². The molecule has 31 heavy (non-hydrogen) atoms. The molecule has 0 aromatic heterocycles. The lowest BCUT2D eigenvalue weighted by molar-refractivity contribution is -0.148. The van der Waals surface area contributed by atoms with Crippen molar-refractivity contribution in [2.45, 2.75) is 42.5 Å². The van der Waals surface area contributed by atoms with Crippen LogP contribution in [0.4, 0.5) is 5.69 Å². The lowest BCUT2D eigenvalue weighted by Crippen LogP contribution is -2.53. The molecule has 0 radical (unpaired) electrons. The van der Waals surface area contributed by atoms with Gasteiger partial charge in [-0.3, -0.25) is 9.10 Å². The molecular weight excluding hydrogens is 440 g/mol. The summed E-state index contributed by atoms with van der Waals surface area (Å²) in [5.41, 5.74) is 0.588. The summed E-state index contributed by atoms with van der Waals surface area (Å²) in [5, 5.41) is 2.81. The minimum Gasteiger partial charge on any atom is -0.467 e. The van der Waals surface area contributed by atoms with E-state index in [1.165, 1.54) is 29.6 Å². The fraction of sp³-hybridized carbons (Fsp3) is 0.364. The average Bonchev–Trinajstić information content (AvgIpc) is 3.41. The Morgan fingerprint density at radius 1 is 1.13 bits per heavy atom. The molecular formula is C22H23ClN2O5S. The first-order valence-corrected chi connectivity index (χ1v) is 11.9. The number of sulfonamides is 1. The number of carbonyl (C=O) groups excluding carboxylic acids is 2. The minimum atomic E-state index is -3.97. The Labute approximate surface area is 186 Å². The van der Waals surface area contributed by atoms with Crippen molar-refractivity contribution in [3.05, 3.63) is 58.6 Å². The topological polar surface area (TPSA) is 92.8 Å². The first kappa shape index (κ1) is 21.6. The Kier molecular flexibility index (Phi) is 5.70. The maximum atomic E-state index is 13.4. The summed E-state index contributed by atoms with van der Waals surface area (Å²) in [6, 6.07) is 11.4. The largest absolute Gasteiger partial charge is 0.467 e. The molecule has 0 atom stereocenters. The second kappa shape index (κ2) is 8.16. The van der Waals surface area contributed by atoms with E-state index in [9.17, 15) is 18.0 Å². The fourth-order valence-corrected chi connectivity index (χ4v) is 6.37. The molecule has 2 aromatic carbocycles. The number of para-hydroxylation sites is 1. The third kappa shape index (κ3) is 3.78. The maximum absolute atomic E-state index is 13.4. The molecule has 4 rings (SSSR count). The SMILES string of the molecule is COC(=O)C1(NC(=O)c2ccc(Cl)c(S(=O)(=O)N3CCc4ccccc43)c2)CCCC1. The zero-order chi connectivity index (χ0) is 22.2. The van der Waals surface area contributed by atoms with Gasteiger partial charge in [0.25, 0.3) is 15.9 Å². The number of hydrogen-bond acceptors (Lipinski definition) is 5. The first-order chi connectivity index (χ1) is 14.8. The van der Waals surface area contributed by atoms with Gasteiger partial charge in [0.2, 0.25) is 0 Å².